The van der Waals surface area contributed by atoms with E-state index in [4.69, 9.17) is 4.52 Å². The van der Waals surface area contributed by atoms with E-state index in [1.165, 1.54) is 0 Å². The molecule has 1 heterocycles. The summed E-state index contributed by atoms with van der Waals surface area (Å²) in [5.41, 5.74) is 0. The van der Waals surface area contributed by atoms with Crippen LogP contribution in [0.2, 0.25) is 0 Å². The van der Waals surface area contributed by atoms with E-state index < -0.39 is 0 Å². The molecule has 9 heavy (non-hydrogen) atoms. The van der Waals surface area contributed by atoms with Crippen LogP contribution in [-0.2, 0) is 0 Å². The summed E-state index contributed by atoms with van der Waals surface area (Å²) >= 11 is 3.30. The summed E-state index contributed by atoms with van der Waals surface area (Å²) in [6.07, 6.45) is 0. The minimum absolute atomic E-state index is 0.152. The topological polar surface area (TPSA) is 38.9 Å². The Balaban J connectivity index is 2.85. The van der Waals surface area contributed by atoms with E-state index in [2.05, 4.69) is 26.1 Å². The summed E-state index contributed by atoms with van der Waals surface area (Å²) in [5, 5.41) is 3.62. The standard InChI is InChI=1S/C5H7BrN2O/c1-3(6)5-7-4(2)8-9-5/h3H,1-2H3. The van der Waals surface area contributed by atoms with Crippen LogP contribution >= 0.6 is 15.9 Å². The van der Waals surface area contributed by atoms with Gasteiger partial charge < -0.3 is 4.52 Å². The molecule has 1 aromatic rings. The first-order chi connectivity index (χ1) is 4.20. The van der Waals surface area contributed by atoms with E-state index in [0.717, 1.165) is 0 Å². The summed E-state index contributed by atoms with van der Waals surface area (Å²) < 4.78 is 4.82. The van der Waals surface area contributed by atoms with E-state index in [0.29, 0.717) is 11.7 Å². The van der Waals surface area contributed by atoms with Gasteiger partial charge in [-0.3, -0.25) is 0 Å². The van der Waals surface area contributed by atoms with Gasteiger partial charge >= 0.3 is 0 Å². The Morgan fingerprint density at radius 2 is 2.33 bits per heavy atom. The van der Waals surface area contributed by atoms with Gasteiger partial charge in [-0.25, -0.2) is 0 Å². The normalized spacial score (nSPS) is 13.7. The van der Waals surface area contributed by atoms with Gasteiger partial charge in [0.05, 0.1) is 4.83 Å². The fraction of sp³-hybridized carbons (Fsp3) is 0.600. The van der Waals surface area contributed by atoms with Crippen LogP contribution in [0.1, 0.15) is 23.5 Å². The van der Waals surface area contributed by atoms with Crippen molar-refractivity contribution < 1.29 is 4.52 Å². The second-order valence-corrected chi connectivity index (χ2v) is 3.17. The van der Waals surface area contributed by atoms with Crippen molar-refractivity contribution in [2.75, 3.05) is 0 Å². The first-order valence-electron chi connectivity index (χ1n) is 2.64. The van der Waals surface area contributed by atoms with E-state index >= 15 is 0 Å². The molecule has 1 unspecified atom stereocenters. The maximum absolute atomic E-state index is 4.82. The maximum atomic E-state index is 4.82. The van der Waals surface area contributed by atoms with Crippen LogP contribution in [-0.4, -0.2) is 10.1 Å². The predicted molar refractivity (Wildman–Crippen MR) is 36.4 cm³/mol. The number of hydrogen-bond donors (Lipinski definition) is 0. The van der Waals surface area contributed by atoms with Gasteiger partial charge in [-0.05, 0) is 13.8 Å². The molecule has 0 N–H and O–H groups in total. The number of hydrogen-bond acceptors (Lipinski definition) is 3. The molecule has 0 fully saturated rings. The van der Waals surface area contributed by atoms with Crippen LogP contribution in [0.3, 0.4) is 0 Å². The number of rotatable bonds is 1. The lowest BCUT2D eigenvalue weighted by molar-refractivity contribution is 0.377. The first kappa shape index (κ1) is 6.74. The molecule has 0 radical (unpaired) electrons. The minimum Gasteiger partial charge on any atom is -0.338 e. The third kappa shape index (κ3) is 1.51. The van der Waals surface area contributed by atoms with E-state index in [1.807, 2.05) is 6.92 Å². The summed E-state index contributed by atoms with van der Waals surface area (Å²) in [6.45, 7) is 3.73. The van der Waals surface area contributed by atoms with Crippen LogP contribution in [0, 0.1) is 6.92 Å². The minimum atomic E-state index is 0.152. The van der Waals surface area contributed by atoms with Gasteiger partial charge in [0.25, 0.3) is 0 Å². The van der Waals surface area contributed by atoms with Gasteiger partial charge in [0.1, 0.15) is 0 Å². The van der Waals surface area contributed by atoms with Gasteiger partial charge in [0, 0.05) is 0 Å². The zero-order valence-electron chi connectivity index (χ0n) is 5.26. The highest BCUT2D eigenvalue weighted by atomic mass is 79.9. The van der Waals surface area contributed by atoms with Gasteiger partial charge in [-0.1, -0.05) is 21.1 Å². The highest BCUT2D eigenvalue weighted by Gasteiger charge is 2.07. The molecule has 0 saturated heterocycles. The third-order valence-corrected chi connectivity index (χ3v) is 1.28. The number of aromatic nitrogens is 2. The second kappa shape index (κ2) is 2.47. The Hall–Kier alpha value is -0.380. The molecule has 0 aromatic carbocycles. The molecule has 0 amide bonds. The fourth-order valence-corrected chi connectivity index (χ4v) is 0.661. The highest BCUT2D eigenvalue weighted by molar-refractivity contribution is 9.09. The van der Waals surface area contributed by atoms with Crippen molar-refractivity contribution >= 4 is 15.9 Å². The monoisotopic (exact) mass is 190 g/mol. The fourth-order valence-electron chi connectivity index (χ4n) is 0.475. The lowest BCUT2D eigenvalue weighted by atomic mass is 10.5. The Kier molecular flexibility index (Phi) is 1.85. The van der Waals surface area contributed by atoms with Gasteiger partial charge in [-0.15, -0.1) is 0 Å². The van der Waals surface area contributed by atoms with Crippen molar-refractivity contribution in [3.8, 4) is 0 Å². The zero-order chi connectivity index (χ0) is 6.85. The summed E-state index contributed by atoms with van der Waals surface area (Å²) in [4.78, 5) is 4.14. The SMILES string of the molecule is Cc1noc(C(C)Br)n1. The average molecular weight is 191 g/mol. The average Bonchev–Trinajstić information content (AvgIpc) is 2.14. The maximum Gasteiger partial charge on any atom is 0.240 e. The molecule has 4 heteroatoms. The van der Waals surface area contributed by atoms with Crippen LogP contribution in [0.5, 0.6) is 0 Å². The highest BCUT2D eigenvalue weighted by Crippen LogP contribution is 2.18. The van der Waals surface area contributed by atoms with E-state index in [9.17, 15) is 0 Å². The molecule has 1 atom stereocenters. The molecule has 50 valence electrons. The van der Waals surface area contributed by atoms with Crippen molar-refractivity contribution in [3.05, 3.63) is 11.7 Å². The number of alkyl halides is 1. The predicted octanol–water partition coefficient (Wildman–Crippen LogP) is 1.83. The Labute approximate surface area is 61.6 Å². The lowest BCUT2D eigenvalue weighted by Gasteiger charge is -1.88. The van der Waals surface area contributed by atoms with Crippen molar-refractivity contribution in [1.82, 2.24) is 10.1 Å². The summed E-state index contributed by atoms with van der Waals surface area (Å²) in [6, 6.07) is 0. The largest absolute Gasteiger partial charge is 0.338 e. The quantitative estimate of drug-likeness (QED) is 0.635. The third-order valence-electron chi connectivity index (χ3n) is 0.884. The molecule has 0 bridgehead atoms. The molecule has 0 aliphatic carbocycles. The van der Waals surface area contributed by atoms with Crippen molar-refractivity contribution in [2.45, 2.75) is 18.7 Å². The summed E-state index contributed by atoms with van der Waals surface area (Å²) in [5.74, 6) is 1.31. The molecule has 0 aliphatic heterocycles. The smallest absolute Gasteiger partial charge is 0.240 e. The number of aryl methyl sites for hydroxylation is 1. The molecule has 1 rings (SSSR count). The van der Waals surface area contributed by atoms with Gasteiger partial charge in [-0.2, -0.15) is 4.98 Å². The Bertz CT molecular complexity index is 197. The van der Waals surface area contributed by atoms with Crippen LogP contribution < -0.4 is 0 Å². The van der Waals surface area contributed by atoms with Gasteiger partial charge in [0.2, 0.25) is 5.89 Å². The molecule has 3 nitrogen and oxygen atoms in total. The van der Waals surface area contributed by atoms with Crippen molar-refractivity contribution in [1.29, 1.82) is 0 Å². The van der Waals surface area contributed by atoms with Crippen LogP contribution in [0.25, 0.3) is 0 Å². The molecule has 0 saturated carbocycles. The molecular formula is C5H7BrN2O. The summed E-state index contributed by atoms with van der Waals surface area (Å²) in [7, 11) is 0. The second-order valence-electron chi connectivity index (χ2n) is 1.80. The van der Waals surface area contributed by atoms with Crippen LogP contribution in [0.4, 0.5) is 0 Å². The van der Waals surface area contributed by atoms with Crippen molar-refractivity contribution in [2.24, 2.45) is 0 Å². The van der Waals surface area contributed by atoms with Crippen molar-refractivity contribution in [3.63, 3.8) is 0 Å². The lowest BCUT2D eigenvalue weighted by Crippen LogP contribution is -1.81. The Morgan fingerprint density at radius 3 is 2.56 bits per heavy atom. The molecule has 0 spiro atoms. The number of halogens is 1. The molecular weight excluding hydrogens is 184 g/mol. The molecule has 1 aromatic heterocycles. The van der Waals surface area contributed by atoms with E-state index in [1.54, 1.807) is 6.92 Å². The molecule has 0 aliphatic rings. The Morgan fingerprint density at radius 1 is 1.67 bits per heavy atom. The number of nitrogens with zero attached hydrogens (tertiary/aromatic N) is 2. The first-order valence-corrected chi connectivity index (χ1v) is 3.56. The van der Waals surface area contributed by atoms with Gasteiger partial charge in [0.15, 0.2) is 5.82 Å². The van der Waals surface area contributed by atoms with Crippen LogP contribution in [0.15, 0.2) is 4.52 Å². The van der Waals surface area contributed by atoms with E-state index in [-0.39, 0.29) is 4.83 Å². The zero-order valence-corrected chi connectivity index (χ0v) is 6.84.